The second-order valence-electron chi connectivity index (χ2n) is 5.26. The number of carbonyl (C=O) groups is 2. The van der Waals surface area contributed by atoms with Crippen LogP contribution in [0.1, 0.15) is 10.4 Å². The van der Waals surface area contributed by atoms with E-state index in [4.69, 9.17) is 0 Å². The zero-order valence-electron chi connectivity index (χ0n) is 13.2. The van der Waals surface area contributed by atoms with E-state index in [2.05, 4.69) is 16.0 Å². The van der Waals surface area contributed by atoms with Gasteiger partial charge in [-0.15, -0.1) is 0 Å². The number of rotatable bonds is 3. The summed E-state index contributed by atoms with van der Waals surface area (Å²) in [6.07, 6.45) is 0. The van der Waals surface area contributed by atoms with Crippen molar-refractivity contribution in [1.29, 1.82) is 0 Å². The fourth-order valence-electron chi connectivity index (χ4n) is 2.47. The first-order valence-corrected chi connectivity index (χ1v) is 7.55. The Hall–Kier alpha value is -3.34. The number of amides is 3. The second-order valence-corrected chi connectivity index (χ2v) is 5.26. The molecule has 0 unspecified atom stereocenters. The normalized spacial score (nSPS) is 10.2. The number of carbonyl (C=O) groups excluding carboxylic acids is 2. The van der Waals surface area contributed by atoms with Crippen LogP contribution >= 0.6 is 0 Å². The van der Waals surface area contributed by atoms with Crippen molar-refractivity contribution in [2.45, 2.75) is 0 Å². The fourth-order valence-corrected chi connectivity index (χ4v) is 2.47. The van der Waals surface area contributed by atoms with E-state index in [1.807, 2.05) is 42.5 Å². The molecule has 3 rings (SSSR count). The van der Waals surface area contributed by atoms with Gasteiger partial charge in [0, 0.05) is 23.7 Å². The van der Waals surface area contributed by atoms with Gasteiger partial charge in [0.2, 0.25) is 0 Å². The van der Waals surface area contributed by atoms with E-state index in [-0.39, 0.29) is 11.9 Å². The molecule has 0 spiro atoms. The van der Waals surface area contributed by atoms with Gasteiger partial charge in [0.1, 0.15) is 0 Å². The number of hydrogen-bond donors (Lipinski definition) is 3. The fraction of sp³-hybridized carbons (Fsp3) is 0.0526. The first-order chi connectivity index (χ1) is 11.7. The highest BCUT2D eigenvalue weighted by Crippen LogP contribution is 2.23. The minimum Gasteiger partial charge on any atom is -0.355 e. The predicted molar refractivity (Wildman–Crippen MR) is 96.4 cm³/mol. The van der Waals surface area contributed by atoms with E-state index in [0.717, 1.165) is 16.5 Å². The SMILES string of the molecule is CNC(=O)c1ccc(NC(=O)Nc2cccc3ccccc23)cc1. The summed E-state index contributed by atoms with van der Waals surface area (Å²) in [4.78, 5) is 23.7. The van der Waals surface area contributed by atoms with Gasteiger partial charge in [-0.25, -0.2) is 4.79 Å². The van der Waals surface area contributed by atoms with Crippen LogP contribution in [0.4, 0.5) is 16.2 Å². The smallest absolute Gasteiger partial charge is 0.323 e. The van der Waals surface area contributed by atoms with E-state index in [1.54, 1.807) is 31.3 Å². The van der Waals surface area contributed by atoms with Gasteiger partial charge in [0.25, 0.3) is 5.91 Å². The van der Waals surface area contributed by atoms with Crippen LogP contribution in [0.25, 0.3) is 10.8 Å². The number of anilines is 2. The highest BCUT2D eigenvalue weighted by molar-refractivity contribution is 6.06. The Morgan fingerprint density at radius 1 is 0.792 bits per heavy atom. The second kappa shape index (κ2) is 6.83. The molecule has 0 bridgehead atoms. The number of urea groups is 1. The summed E-state index contributed by atoms with van der Waals surface area (Å²) < 4.78 is 0. The van der Waals surface area contributed by atoms with Gasteiger partial charge >= 0.3 is 6.03 Å². The van der Waals surface area contributed by atoms with Crippen molar-refractivity contribution in [3.05, 3.63) is 72.3 Å². The summed E-state index contributed by atoms with van der Waals surface area (Å²) >= 11 is 0. The van der Waals surface area contributed by atoms with Crippen LogP contribution in [-0.2, 0) is 0 Å². The lowest BCUT2D eigenvalue weighted by atomic mass is 10.1. The minimum atomic E-state index is -0.334. The van der Waals surface area contributed by atoms with Crippen molar-refractivity contribution in [3.8, 4) is 0 Å². The molecule has 0 saturated carbocycles. The van der Waals surface area contributed by atoms with Crippen LogP contribution in [0, 0.1) is 0 Å². The van der Waals surface area contributed by atoms with Gasteiger partial charge in [-0.1, -0.05) is 36.4 Å². The average molecular weight is 319 g/mol. The molecular formula is C19H17N3O2. The maximum Gasteiger partial charge on any atom is 0.323 e. The Bertz CT molecular complexity index is 883. The number of hydrogen-bond acceptors (Lipinski definition) is 2. The molecular weight excluding hydrogens is 302 g/mol. The van der Waals surface area contributed by atoms with E-state index in [1.165, 1.54) is 0 Å². The van der Waals surface area contributed by atoms with Crippen LogP contribution in [0.5, 0.6) is 0 Å². The molecule has 0 aliphatic rings. The number of benzene rings is 3. The zero-order chi connectivity index (χ0) is 16.9. The summed E-state index contributed by atoms with van der Waals surface area (Å²) in [5, 5.41) is 10.2. The lowest BCUT2D eigenvalue weighted by Gasteiger charge is -2.10. The first kappa shape index (κ1) is 15.6. The molecule has 0 fully saturated rings. The molecule has 0 saturated heterocycles. The van der Waals surface area contributed by atoms with E-state index >= 15 is 0 Å². The van der Waals surface area contributed by atoms with Gasteiger partial charge in [0.15, 0.2) is 0 Å². The quantitative estimate of drug-likeness (QED) is 0.686. The van der Waals surface area contributed by atoms with Gasteiger partial charge in [-0.05, 0) is 35.7 Å². The van der Waals surface area contributed by atoms with Crippen molar-refractivity contribution in [3.63, 3.8) is 0 Å². The Labute approximate surface area is 139 Å². The van der Waals surface area contributed by atoms with Crippen molar-refractivity contribution >= 4 is 34.1 Å². The maximum absolute atomic E-state index is 12.2. The Kier molecular flexibility index (Phi) is 4.43. The number of nitrogens with one attached hydrogen (secondary N) is 3. The molecule has 0 aromatic heterocycles. The molecule has 3 aromatic rings. The van der Waals surface area contributed by atoms with Crippen LogP contribution in [0.3, 0.4) is 0 Å². The first-order valence-electron chi connectivity index (χ1n) is 7.55. The molecule has 0 atom stereocenters. The van der Waals surface area contributed by atoms with Gasteiger partial charge in [-0.2, -0.15) is 0 Å². The molecule has 5 heteroatoms. The molecule has 5 nitrogen and oxygen atoms in total. The van der Waals surface area contributed by atoms with Crippen molar-refractivity contribution in [2.75, 3.05) is 17.7 Å². The summed E-state index contributed by atoms with van der Waals surface area (Å²) in [7, 11) is 1.58. The highest BCUT2D eigenvalue weighted by atomic mass is 16.2. The molecule has 24 heavy (non-hydrogen) atoms. The molecule has 0 aliphatic heterocycles. The van der Waals surface area contributed by atoms with Crippen molar-refractivity contribution in [1.82, 2.24) is 5.32 Å². The third kappa shape index (κ3) is 3.35. The predicted octanol–water partition coefficient (Wildman–Crippen LogP) is 3.84. The van der Waals surface area contributed by atoms with Gasteiger partial charge < -0.3 is 16.0 Å². The minimum absolute atomic E-state index is 0.165. The van der Waals surface area contributed by atoms with E-state index in [9.17, 15) is 9.59 Å². The van der Waals surface area contributed by atoms with E-state index < -0.39 is 0 Å². The molecule has 0 heterocycles. The van der Waals surface area contributed by atoms with E-state index in [0.29, 0.717) is 11.3 Å². The van der Waals surface area contributed by atoms with Gasteiger partial charge in [0.05, 0.1) is 5.69 Å². The van der Waals surface area contributed by atoms with Crippen LogP contribution < -0.4 is 16.0 Å². The number of fused-ring (bicyclic) bond motifs is 1. The third-order valence-corrected chi connectivity index (χ3v) is 3.67. The monoisotopic (exact) mass is 319 g/mol. The van der Waals surface area contributed by atoms with Gasteiger partial charge in [-0.3, -0.25) is 4.79 Å². The Morgan fingerprint density at radius 2 is 1.50 bits per heavy atom. The largest absolute Gasteiger partial charge is 0.355 e. The lowest BCUT2D eigenvalue weighted by molar-refractivity contribution is 0.0963. The summed E-state index contributed by atoms with van der Waals surface area (Å²) in [5.41, 5.74) is 1.89. The molecule has 0 radical (unpaired) electrons. The summed E-state index contributed by atoms with van der Waals surface area (Å²) in [6, 6.07) is 20.0. The molecule has 3 amide bonds. The van der Waals surface area contributed by atoms with Crippen molar-refractivity contribution < 1.29 is 9.59 Å². The van der Waals surface area contributed by atoms with Crippen molar-refractivity contribution in [2.24, 2.45) is 0 Å². The third-order valence-electron chi connectivity index (χ3n) is 3.67. The Balaban J connectivity index is 1.72. The standard InChI is InChI=1S/C19H17N3O2/c1-20-18(23)14-9-11-15(12-10-14)21-19(24)22-17-8-4-6-13-5-2-3-7-16(13)17/h2-12H,1H3,(H,20,23)(H2,21,22,24). The maximum atomic E-state index is 12.2. The average Bonchev–Trinajstić information content (AvgIpc) is 2.62. The summed E-state index contributed by atoms with van der Waals surface area (Å²) in [6.45, 7) is 0. The molecule has 3 N–H and O–H groups in total. The van der Waals surface area contributed by atoms with Crippen LogP contribution in [0.15, 0.2) is 66.7 Å². The Morgan fingerprint density at radius 3 is 2.25 bits per heavy atom. The highest BCUT2D eigenvalue weighted by Gasteiger charge is 2.07. The van der Waals surface area contributed by atoms with Crippen LogP contribution in [0.2, 0.25) is 0 Å². The topological polar surface area (TPSA) is 70.2 Å². The van der Waals surface area contributed by atoms with Crippen LogP contribution in [-0.4, -0.2) is 19.0 Å². The molecule has 0 aliphatic carbocycles. The molecule has 3 aromatic carbocycles. The molecule has 120 valence electrons. The zero-order valence-corrected chi connectivity index (χ0v) is 13.2. The lowest BCUT2D eigenvalue weighted by Crippen LogP contribution is -2.20. The summed E-state index contributed by atoms with van der Waals surface area (Å²) in [5.74, 6) is -0.165.